The Hall–Kier alpha value is -3.78. The van der Waals surface area contributed by atoms with Crippen molar-refractivity contribution in [1.82, 2.24) is 0 Å². The van der Waals surface area contributed by atoms with Gasteiger partial charge in [-0.2, -0.15) is 0 Å². The largest absolute Gasteiger partial charge is 0.508 e. The highest BCUT2D eigenvalue weighted by Gasteiger charge is 2.37. The summed E-state index contributed by atoms with van der Waals surface area (Å²) in [6, 6.07) is 20.4. The fourth-order valence-electron chi connectivity index (χ4n) is 4.87. The summed E-state index contributed by atoms with van der Waals surface area (Å²) in [4.78, 5) is 0. The Balaban J connectivity index is 2.08. The van der Waals surface area contributed by atoms with Gasteiger partial charge in [-0.25, -0.2) is 0 Å². The lowest BCUT2D eigenvalue weighted by Gasteiger charge is -2.37. The van der Waals surface area contributed by atoms with Crippen LogP contribution in [0.1, 0.15) is 39.8 Å². The van der Waals surface area contributed by atoms with E-state index in [1.165, 1.54) is 11.1 Å². The molecule has 3 aromatic rings. The van der Waals surface area contributed by atoms with Crippen molar-refractivity contribution in [2.75, 3.05) is 0 Å². The van der Waals surface area contributed by atoms with E-state index in [4.69, 9.17) is 0 Å². The number of phenols is 2. The van der Waals surface area contributed by atoms with Gasteiger partial charge in [-0.3, -0.25) is 0 Å². The molecule has 0 saturated heterocycles. The SMILES string of the molecule is C=CCc1cc(C2(c3ccc(O)c(CC=C)c3)C/C=C\C=C/Cc3ccccc32)ccc1O. The van der Waals surface area contributed by atoms with Crippen LogP contribution in [0.5, 0.6) is 11.5 Å². The number of phenolic OH excluding ortho intramolecular Hbond substituents is 2. The zero-order chi connectivity index (χ0) is 23.3. The number of benzene rings is 3. The lowest BCUT2D eigenvalue weighted by Crippen LogP contribution is -2.30. The first-order chi connectivity index (χ1) is 16.1. The van der Waals surface area contributed by atoms with Gasteiger partial charge in [-0.15, -0.1) is 13.2 Å². The summed E-state index contributed by atoms with van der Waals surface area (Å²) in [7, 11) is 0. The molecule has 0 heterocycles. The van der Waals surface area contributed by atoms with Crippen LogP contribution in [0, 0.1) is 0 Å². The van der Waals surface area contributed by atoms with Gasteiger partial charge in [0, 0.05) is 5.41 Å². The van der Waals surface area contributed by atoms with E-state index in [1.54, 1.807) is 12.1 Å². The second kappa shape index (κ2) is 9.79. The minimum absolute atomic E-state index is 0.278. The number of hydrogen-bond acceptors (Lipinski definition) is 2. The highest BCUT2D eigenvalue weighted by Crippen LogP contribution is 2.46. The number of rotatable bonds is 6. The van der Waals surface area contributed by atoms with Crippen LogP contribution >= 0.6 is 0 Å². The van der Waals surface area contributed by atoms with Crippen molar-refractivity contribution in [3.63, 3.8) is 0 Å². The molecule has 0 bridgehead atoms. The molecule has 166 valence electrons. The average Bonchev–Trinajstić information content (AvgIpc) is 2.92. The maximum Gasteiger partial charge on any atom is 0.119 e. The Morgan fingerprint density at radius 1 is 0.758 bits per heavy atom. The predicted molar refractivity (Wildman–Crippen MR) is 137 cm³/mol. The van der Waals surface area contributed by atoms with Gasteiger partial charge >= 0.3 is 0 Å². The fraction of sp³-hybridized carbons (Fsp3) is 0.161. The molecule has 0 unspecified atom stereocenters. The van der Waals surface area contributed by atoms with E-state index in [1.807, 2.05) is 24.3 Å². The van der Waals surface area contributed by atoms with Gasteiger partial charge in [-0.05, 0) is 71.2 Å². The van der Waals surface area contributed by atoms with E-state index < -0.39 is 5.41 Å². The summed E-state index contributed by atoms with van der Waals surface area (Å²) >= 11 is 0. The van der Waals surface area contributed by atoms with Crippen molar-refractivity contribution >= 4 is 0 Å². The molecule has 1 aliphatic carbocycles. The second-order valence-electron chi connectivity index (χ2n) is 8.50. The Bertz CT molecular complexity index is 1170. The molecule has 0 fully saturated rings. The van der Waals surface area contributed by atoms with Gasteiger partial charge in [0.25, 0.3) is 0 Å². The molecule has 0 radical (unpaired) electrons. The van der Waals surface area contributed by atoms with Crippen LogP contribution in [0.15, 0.2) is 110 Å². The van der Waals surface area contributed by atoms with E-state index in [-0.39, 0.29) is 11.5 Å². The Morgan fingerprint density at radius 3 is 1.94 bits per heavy atom. The number of allylic oxidation sites excluding steroid dienone is 6. The first-order valence-electron chi connectivity index (χ1n) is 11.4. The first-order valence-corrected chi connectivity index (χ1v) is 11.4. The fourth-order valence-corrected chi connectivity index (χ4v) is 4.87. The van der Waals surface area contributed by atoms with Crippen LogP contribution < -0.4 is 0 Å². The molecule has 2 heteroatoms. The number of hydrogen-bond donors (Lipinski definition) is 2. The molecular weight excluding hydrogens is 404 g/mol. The second-order valence-corrected chi connectivity index (χ2v) is 8.50. The Kier molecular flexibility index (Phi) is 6.65. The molecule has 0 amide bonds. The van der Waals surface area contributed by atoms with E-state index in [0.717, 1.165) is 35.1 Å². The van der Waals surface area contributed by atoms with Crippen LogP contribution in [0.3, 0.4) is 0 Å². The number of fused-ring (bicyclic) bond motifs is 1. The molecule has 0 saturated carbocycles. The maximum absolute atomic E-state index is 10.5. The zero-order valence-corrected chi connectivity index (χ0v) is 18.9. The van der Waals surface area contributed by atoms with Gasteiger partial charge < -0.3 is 10.2 Å². The van der Waals surface area contributed by atoms with Gasteiger partial charge in [0.1, 0.15) is 11.5 Å². The normalized spacial score (nSPS) is 16.5. The van der Waals surface area contributed by atoms with Crippen LogP contribution in [0.4, 0.5) is 0 Å². The monoisotopic (exact) mass is 434 g/mol. The van der Waals surface area contributed by atoms with E-state index in [0.29, 0.717) is 12.8 Å². The molecule has 2 N–H and O–H groups in total. The lowest BCUT2D eigenvalue weighted by molar-refractivity contribution is 0.468. The number of aromatic hydroxyl groups is 2. The molecule has 0 aromatic heterocycles. The molecule has 1 aliphatic rings. The van der Waals surface area contributed by atoms with Crippen molar-refractivity contribution in [3.05, 3.63) is 144 Å². The molecule has 0 aliphatic heterocycles. The summed E-state index contributed by atoms with van der Waals surface area (Å²) in [6.45, 7) is 7.73. The highest BCUT2D eigenvalue weighted by atomic mass is 16.3. The van der Waals surface area contributed by atoms with E-state index >= 15 is 0 Å². The standard InChI is InChI=1S/C31H30O2/c1-3-11-24-21-26(16-18-29(24)32)31(27-17-19-30(33)25(22-27)12-4-2)20-10-6-5-7-13-23-14-8-9-15-28(23)31/h3-10,14-19,21-22,32-33H,1-2,11-13,20H2/b7-5-,10-6-. The summed E-state index contributed by atoms with van der Waals surface area (Å²) in [6.07, 6.45) is 15.0. The molecule has 0 atom stereocenters. The van der Waals surface area contributed by atoms with Crippen molar-refractivity contribution in [3.8, 4) is 11.5 Å². The van der Waals surface area contributed by atoms with Crippen molar-refractivity contribution in [2.24, 2.45) is 0 Å². The van der Waals surface area contributed by atoms with Crippen LogP contribution in [0.25, 0.3) is 0 Å². The van der Waals surface area contributed by atoms with E-state index in [9.17, 15) is 10.2 Å². The highest BCUT2D eigenvalue weighted by molar-refractivity contribution is 5.58. The zero-order valence-electron chi connectivity index (χ0n) is 18.9. The smallest absolute Gasteiger partial charge is 0.119 e. The van der Waals surface area contributed by atoms with Crippen LogP contribution in [-0.2, 0) is 24.7 Å². The summed E-state index contributed by atoms with van der Waals surface area (Å²) in [5.74, 6) is 0.556. The van der Waals surface area contributed by atoms with Gasteiger partial charge in [0.15, 0.2) is 0 Å². The molecule has 33 heavy (non-hydrogen) atoms. The van der Waals surface area contributed by atoms with Crippen LogP contribution in [0.2, 0.25) is 0 Å². The third-order valence-corrected chi connectivity index (χ3v) is 6.50. The van der Waals surface area contributed by atoms with Gasteiger partial charge in [-0.1, -0.05) is 85.0 Å². The van der Waals surface area contributed by atoms with Crippen molar-refractivity contribution < 1.29 is 10.2 Å². The Labute approximate surface area is 196 Å². The average molecular weight is 435 g/mol. The summed E-state index contributed by atoms with van der Waals surface area (Å²) in [5, 5.41) is 21.0. The van der Waals surface area contributed by atoms with Gasteiger partial charge in [0.2, 0.25) is 0 Å². The molecule has 3 aromatic carbocycles. The summed E-state index contributed by atoms with van der Waals surface area (Å²) in [5.41, 5.74) is 5.91. The molecular formula is C31H30O2. The lowest BCUT2D eigenvalue weighted by atomic mass is 9.65. The predicted octanol–water partition coefficient (Wildman–Crippen LogP) is 6.95. The Morgan fingerprint density at radius 2 is 1.33 bits per heavy atom. The molecule has 0 spiro atoms. The van der Waals surface area contributed by atoms with Gasteiger partial charge in [0.05, 0.1) is 0 Å². The maximum atomic E-state index is 10.5. The van der Waals surface area contributed by atoms with E-state index in [2.05, 4.69) is 73.9 Å². The van der Waals surface area contributed by atoms with Crippen molar-refractivity contribution in [1.29, 1.82) is 0 Å². The summed E-state index contributed by atoms with van der Waals surface area (Å²) < 4.78 is 0. The molecule has 4 rings (SSSR count). The third kappa shape index (κ3) is 4.29. The van der Waals surface area contributed by atoms with Crippen LogP contribution in [-0.4, -0.2) is 10.2 Å². The minimum Gasteiger partial charge on any atom is -0.508 e. The molecule has 2 nitrogen and oxygen atoms in total. The minimum atomic E-state index is -0.494. The first kappa shape index (κ1) is 22.4. The topological polar surface area (TPSA) is 40.5 Å². The third-order valence-electron chi connectivity index (χ3n) is 6.50. The van der Waals surface area contributed by atoms with Crippen molar-refractivity contribution in [2.45, 2.75) is 31.1 Å². The quantitative estimate of drug-likeness (QED) is 0.412.